The van der Waals surface area contributed by atoms with Gasteiger partial charge in [-0.1, -0.05) is 51.3 Å². The Morgan fingerprint density at radius 2 is 0.913 bits per heavy atom. The van der Waals surface area contributed by atoms with E-state index in [4.69, 9.17) is 32.7 Å². The first-order valence-electron chi connectivity index (χ1n) is 7.02. The molecule has 0 N–H and O–H groups in total. The van der Waals surface area contributed by atoms with Crippen molar-refractivity contribution in [3.8, 4) is 0 Å². The van der Waals surface area contributed by atoms with Gasteiger partial charge in [0, 0.05) is 21.9 Å². The molecular formula is C12H28CuO4P2S4. The Balaban J connectivity index is -0.000000333. The van der Waals surface area contributed by atoms with Crippen LogP contribution in [0, 0.1) is 0 Å². The molecule has 2 atom stereocenters. The minimum atomic E-state index is -2.80. The summed E-state index contributed by atoms with van der Waals surface area (Å²) < 4.78 is 10.2. The fourth-order valence-electron chi connectivity index (χ4n) is 1.08. The molecule has 0 heterocycles. The van der Waals surface area contributed by atoms with Crippen LogP contribution in [-0.2, 0) is 49.7 Å². The van der Waals surface area contributed by atoms with E-state index in [0.717, 1.165) is 0 Å². The van der Waals surface area contributed by atoms with Crippen molar-refractivity contribution in [2.75, 3.05) is 0 Å². The van der Waals surface area contributed by atoms with Crippen LogP contribution in [0.25, 0.3) is 0 Å². The van der Waals surface area contributed by atoms with Crippen molar-refractivity contribution in [3.63, 3.8) is 0 Å². The molecule has 0 aromatic carbocycles. The normalized spacial score (nSPS) is 16.6. The average molecular weight is 490 g/mol. The maximum Gasteiger partial charge on any atom is 2.00 e. The van der Waals surface area contributed by atoms with E-state index in [2.05, 4.69) is 0 Å². The number of hydrogen-bond acceptors (Lipinski definition) is 8. The van der Waals surface area contributed by atoms with Crippen LogP contribution in [0.3, 0.4) is 0 Å². The largest absolute Gasteiger partial charge is 2.00 e. The zero-order valence-electron chi connectivity index (χ0n) is 14.8. The first-order valence-corrected chi connectivity index (χ1v) is 15.3. The van der Waals surface area contributed by atoms with E-state index in [0.29, 0.717) is 0 Å². The minimum absolute atomic E-state index is 0. The molecule has 0 aliphatic rings. The molecule has 0 aromatic heterocycles. The Bertz CT molecular complexity index is 331. The molecule has 0 aromatic rings. The van der Waals surface area contributed by atoms with Gasteiger partial charge in [0.2, 0.25) is 0 Å². The Morgan fingerprint density at radius 3 is 1.04 bits per heavy atom. The molecule has 0 saturated heterocycles. The summed E-state index contributed by atoms with van der Waals surface area (Å²) in [6.07, 6.45) is -0.103. The van der Waals surface area contributed by atoms with Gasteiger partial charge < -0.3 is 18.8 Å². The molecule has 2 unspecified atom stereocenters. The van der Waals surface area contributed by atoms with E-state index >= 15 is 0 Å². The summed E-state index contributed by atoms with van der Waals surface area (Å²) in [5.41, 5.74) is -5.61. The van der Waals surface area contributed by atoms with E-state index in [1.165, 1.54) is 22.8 Å². The van der Waals surface area contributed by atoms with Gasteiger partial charge in [0.1, 0.15) is 0 Å². The second-order valence-electron chi connectivity index (χ2n) is 5.51. The molecule has 145 valence electrons. The first-order chi connectivity index (χ1) is 9.67. The van der Waals surface area contributed by atoms with Gasteiger partial charge in [-0.15, -0.1) is 22.8 Å². The van der Waals surface area contributed by atoms with E-state index in [1.807, 2.05) is 55.4 Å². The van der Waals surface area contributed by atoms with Crippen LogP contribution in [-0.4, -0.2) is 22.7 Å². The molecule has 0 bridgehead atoms. The van der Waals surface area contributed by atoms with Crippen LogP contribution in [0.1, 0.15) is 55.4 Å². The third-order valence-electron chi connectivity index (χ3n) is 1.36. The molecule has 23 heavy (non-hydrogen) atoms. The topological polar surface area (TPSA) is 64.6 Å². The standard InChI is InChI=1S/2C6H15O2PS2.Cu/c2*1-5(2)8-9(7,10)11-6(3)4;/h2*5-6H,1-4H3,(H,7,10);/q;;+2/p-2. The average Bonchev–Trinajstić information content (AvgIpc) is 2.06. The molecule has 1 radical (unpaired) electrons. The van der Waals surface area contributed by atoms with Crippen LogP contribution in [0.2, 0.25) is 0 Å². The summed E-state index contributed by atoms with van der Waals surface area (Å²) >= 11 is 12.1. The van der Waals surface area contributed by atoms with Gasteiger partial charge in [0.05, 0.1) is 12.2 Å². The number of hydrogen-bond donors (Lipinski definition) is 0. The maximum atomic E-state index is 11.4. The third-order valence-corrected chi connectivity index (χ3v) is 10.7. The van der Waals surface area contributed by atoms with Gasteiger partial charge in [0.15, 0.2) is 0 Å². The zero-order chi connectivity index (χ0) is 18.1. The van der Waals surface area contributed by atoms with E-state index in [-0.39, 0.29) is 39.8 Å². The number of rotatable bonds is 8. The predicted molar refractivity (Wildman–Crippen MR) is 106 cm³/mol. The summed E-state index contributed by atoms with van der Waals surface area (Å²) in [7, 11) is 0. The monoisotopic (exact) mass is 489 g/mol. The SMILES string of the molecule is CC(C)OP([O-])(=S)SC(C)C.CC(C)OP([O-])(=S)SC(C)C.[Cu+2]. The second-order valence-corrected chi connectivity index (χ2v) is 18.4. The molecule has 0 amide bonds. The molecule has 4 nitrogen and oxygen atoms in total. The summed E-state index contributed by atoms with van der Waals surface area (Å²) in [6.45, 7) is 15.1. The van der Waals surface area contributed by atoms with Crippen LogP contribution in [0.4, 0.5) is 0 Å². The van der Waals surface area contributed by atoms with E-state index in [1.54, 1.807) is 0 Å². The van der Waals surface area contributed by atoms with E-state index in [9.17, 15) is 9.79 Å². The summed E-state index contributed by atoms with van der Waals surface area (Å²) in [6, 6.07) is 0. The van der Waals surface area contributed by atoms with Gasteiger partial charge in [-0.25, -0.2) is 0 Å². The van der Waals surface area contributed by atoms with Crippen LogP contribution >= 0.6 is 34.2 Å². The summed E-state index contributed by atoms with van der Waals surface area (Å²) in [5.74, 6) is 0. The maximum absolute atomic E-state index is 11.4. The van der Waals surface area contributed by atoms with Crippen molar-refractivity contribution in [2.24, 2.45) is 0 Å². The fourth-order valence-corrected chi connectivity index (χ4v) is 11.8. The van der Waals surface area contributed by atoms with Crippen LogP contribution in [0.15, 0.2) is 0 Å². The fraction of sp³-hybridized carbons (Fsp3) is 1.00. The zero-order valence-corrected chi connectivity index (χ0v) is 20.8. The van der Waals surface area contributed by atoms with Crippen molar-refractivity contribution in [2.45, 2.75) is 78.1 Å². The molecule has 0 aliphatic heterocycles. The van der Waals surface area contributed by atoms with Gasteiger partial charge in [-0.05, 0) is 27.7 Å². The Labute approximate surface area is 171 Å². The quantitative estimate of drug-likeness (QED) is 0.370. The molecular weight excluding hydrogens is 462 g/mol. The van der Waals surface area contributed by atoms with Crippen molar-refractivity contribution in [1.29, 1.82) is 0 Å². The summed E-state index contributed by atoms with van der Waals surface area (Å²) in [5, 5.41) is 0.522. The van der Waals surface area contributed by atoms with E-state index < -0.39 is 11.4 Å². The first kappa shape index (κ1) is 30.1. The second kappa shape index (κ2) is 14.4. The molecule has 0 aliphatic carbocycles. The van der Waals surface area contributed by atoms with Crippen molar-refractivity contribution < 1.29 is 35.9 Å². The Kier molecular flexibility index (Phi) is 18.9. The Hall–Kier alpha value is 2.36. The predicted octanol–water partition coefficient (Wildman–Crippen LogP) is 4.27. The molecule has 0 saturated carbocycles. The smallest absolute Gasteiger partial charge is 0.793 e. The minimum Gasteiger partial charge on any atom is -0.793 e. The Morgan fingerprint density at radius 1 is 0.696 bits per heavy atom. The van der Waals surface area contributed by atoms with Crippen LogP contribution in [0.5, 0.6) is 0 Å². The molecule has 0 spiro atoms. The molecule has 0 fully saturated rings. The van der Waals surface area contributed by atoms with Crippen molar-refractivity contribution >= 4 is 57.8 Å². The molecule has 0 rings (SSSR count). The van der Waals surface area contributed by atoms with Gasteiger partial charge in [0.25, 0.3) is 0 Å². The van der Waals surface area contributed by atoms with Crippen molar-refractivity contribution in [1.82, 2.24) is 0 Å². The molecule has 11 heteroatoms. The van der Waals surface area contributed by atoms with Crippen LogP contribution < -0.4 is 9.79 Å². The van der Waals surface area contributed by atoms with Crippen molar-refractivity contribution in [3.05, 3.63) is 0 Å². The third kappa shape index (κ3) is 24.4. The summed E-state index contributed by atoms with van der Waals surface area (Å²) in [4.78, 5) is 22.8. The van der Waals surface area contributed by atoms with Gasteiger partial charge >= 0.3 is 17.1 Å². The van der Waals surface area contributed by atoms with Gasteiger partial charge in [-0.2, -0.15) is 0 Å². The van der Waals surface area contributed by atoms with Gasteiger partial charge in [-0.3, -0.25) is 0 Å².